The van der Waals surface area contributed by atoms with Crippen LogP contribution in [-0.4, -0.2) is 29.4 Å². The number of hydrogen-bond acceptors (Lipinski definition) is 5. The van der Waals surface area contributed by atoms with Gasteiger partial charge in [0.25, 0.3) is 0 Å². The Hall–Kier alpha value is -2.70. The Balaban J connectivity index is 0.000000254. The largest absolute Gasteiger partial charge is 0.481 e. The lowest BCUT2D eigenvalue weighted by Crippen LogP contribution is -1.99. The van der Waals surface area contributed by atoms with E-state index in [0.717, 1.165) is 22.4 Å². The van der Waals surface area contributed by atoms with Crippen molar-refractivity contribution in [1.29, 1.82) is 0 Å². The first-order chi connectivity index (χ1) is 12.5. The molecule has 0 radical (unpaired) electrons. The molecule has 26 heavy (non-hydrogen) atoms. The van der Waals surface area contributed by atoms with Gasteiger partial charge < -0.3 is 10.4 Å². The molecular weight excluding hydrogens is 372 g/mol. The van der Waals surface area contributed by atoms with Gasteiger partial charge in [0.05, 0.1) is 17.0 Å². The molecule has 5 nitrogen and oxygen atoms in total. The van der Waals surface area contributed by atoms with E-state index < -0.39 is 5.97 Å². The molecule has 0 spiro atoms. The fourth-order valence-corrected chi connectivity index (χ4v) is 3.29. The summed E-state index contributed by atoms with van der Waals surface area (Å²) < 4.78 is 0. The summed E-state index contributed by atoms with van der Waals surface area (Å²) in [5, 5.41) is 12.4. The van der Waals surface area contributed by atoms with Gasteiger partial charge in [-0.1, -0.05) is 23.7 Å². The SMILES string of the molecule is CNc1cccnc1.O=Cc1cc(CC(=O)O)c(-c2ccc(Cl)cc2)s1. The van der Waals surface area contributed by atoms with Crippen LogP contribution in [0, 0.1) is 0 Å². The number of halogens is 1. The van der Waals surface area contributed by atoms with E-state index in [9.17, 15) is 9.59 Å². The van der Waals surface area contributed by atoms with Crippen LogP contribution in [0.3, 0.4) is 0 Å². The quantitative estimate of drug-likeness (QED) is 0.623. The molecule has 1 aromatic carbocycles. The average Bonchev–Trinajstić information content (AvgIpc) is 3.06. The summed E-state index contributed by atoms with van der Waals surface area (Å²) in [5.41, 5.74) is 2.57. The second-order valence-corrected chi connectivity index (χ2v) is 6.71. The second kappa shape index (κ2) is 9.70. The monoisotopic (exact) mass is 388 g/mol. The fourth-order valence-electron chi connectivity index (χ4n) is 2.16. The van der Waals surface area contributed by atoms with E-state index in [2.05, 4.69) is 10.3 Å². The molecule has 2 N–H and O–H groups in total. The van der Waals surface area contributed by atoms with Gasteiger partial charge in [-0.05, 0) is 41.5 Å². The lowest BCUT2D eigenvalue weighted by Gasteiger charge is -2.01. The molecule has 2 heterocycles. The number of rotatable bonds is 5. The van der Waals surface area contributed by atoms with Crippen LogP contribution in [0.2, 0.25) is 5.02 Å². The third-order valence-corrected chi connectivity index (χ3v) is 4.75. The summed E-state index contributed by atoms with van der Waals surface area (Å²) in [6, 6.07) is 12.6. The van der Waals surface area contributed by atoms with Gasteiger partial charge in [0.2, 0.25) is 0 Å². The van der Waals surface area contributed by atoms with Crippen molar-refractivity contribution in [2.45, 2.75) is 6.42 Å². The molecular formula is C19H17ClN2O3S. The maximum absolute atomic E-state index is 10.8. The number of aromatic nitrogens is 1. The summed E-state index contributed by atoms with van der Waals surface area (Å²) in [6.07, 6.45) is 4.17. The zero-order valence-electron chi connectivity index (χ0n) is 14.0. The van der Waals surface area contributed by atoms with Crippen molar-refractivity contribution in [2.24, 2.45) is 0 Å². The van der Waals surface area contributed by atoms with Crippen LogP contribution in [0.5, 0.6) is 0 Å². The molecule has 0 bridgehead atoms. The normalized spacial score (nSPS) is 9.77. The number of nitrogens with zero attached hydrogens (tertiary/aromatic N) is 1. The molecule has 0 fully saturated rings. The Morgan fingerprint density at radius 1 is 1.31 bits per heavy atom. The molecule has 0 aliphatic heterocycles. The predicted molar refractivity (Wildman–Crippen MR) is 105 cm³/mol. The van der Waals surface area contributed by atoms with Crippen molar-refractivity contribution in [3.63, 3.8) is 0 Å². The first kappa shape index (κ1) is 19.6. The van der Waals surface area contributed by atoms with Crippen molar-refractivity contribution in [3.05, 3.63) is 70.3 Å². The van der Waals surface area contributed by atoms with Crippen molar-refractivity contribution in [1.82, 2.24) is 4.98 Å². The molecule has 2 aromatic heterocycles. The Bertz CT molecular complexity index is 864. The first-order valence-electron chi connectivity index (χ1n) is 7.67. The number of benzene rings is 1. The third kappa shape index (κ3) is 5.68. The highest BCUT2D eigenvalue weighted by atomic mass is 35.5. The van der Waals surface area contributed by atoms with Gasteiger partial charge in [0.15, 0.2) is 6.29 Å². The summed E-state index contributed by atoms with van der Waals surface area (Å²) in [5.74, 6) is -0.916. The topological polar surface area (TPSA) is 79.3 Å². The number of carboxylic acids is 1. The van der Waals surface area contributed by atoms with E-state index >= 15 is 0 Å². The molecule has 7 heteroatoms. The highest BCUT2D eigenvalue weighted by Gasteiger charge is 2.13. The van der Waals surface area contributed by atoms with E-state index in [4.69, 9.17) is 16.7 Å². The number of pyridine rings is 1. The molecule has 0 aliphatic rings. The number of thiophene rings is 1. The standard InChI is InChI=1S/C13H9ClO3S.C6H8N2/c14-10-3-1-8(2-4-10)13-9(6-12(16)17)5-11(7-15)18-13;1-7-6-3-2-4-8-5-6/h1-5,7H,6H2,(H,16,17);2-5,7H,1H3. The maximum Gasteiger partial charge on any atom is 0.307 e. The van der Waals surface area contributed by atoms with Gasteiger partial charge in [0.1, 0.15) is 0 Å². The zero-order valence-corrected chi connectivity index (χ0v) is 15.6. The second-order valence-electron chi connectivity index (χ2n) is 5.19. The van der Waals surface area contributed by atoms with Crippen molar-refractivity contribution < 1.29 is 14.7 Å². The Morgan fingerprint density at radius 3 is 2.54 bits per heavy atom. The van der Waals surface area contributed by atoms with Crippen molar-refractivity contribution >= 4 is 40.9 Å². The molecule has 0 saturated carbocycles. The van der Waals surface area contributed by atoms with E-state index in [1.165, 1.54) is 11.3 Å². The van der Waals surface area contributed by atoms with E-state index in [1.807, 2.05) is 31.3 Å². The number of aldehydes is 1. The number of carbonyl (C=O) groups is 2. The number of hydrogen-bond donors (Lipinski definition) is 2. The number of anilines is 1. The van der Waals surface area contributed by atoms with E-state index in [1.54, 1.807) is 30.6 Å². The molecule has 0 unspecified atom stereocenters. The number of carboxylic acid groups (broad SMARTS) is 1. The zero-order chi connectivity index (χ0) is 18.9. The Kier molecular flexibility index (Phi) is 7.32. The van der Waals surface area contributed by atoms with Gasteiger partial charge >= 0.3 is 5.97 Å². The van der Waals surface area contributed by atoms with Crippen LogP contribution in [0.1, 0.15) is 15.2 Å². The summed E-state index contributed by atoms with van der Waals surface area (Å²) in [4.78, 5) is 26.8. The van der Waals surface area contributed by atoms with E-state index in [0.29, 0.717) is 15.5 Å². The van der Waals surface area contributed by atoms with Crippen LogP contribution in [0.25, 0.3) is 10.4 Å². The molecule has 3 rings (SSSR count). The Morgan fingerprint density at radius 2 is 2.04 bits per heavy atom. The highest BCUT2D eigenvalue weighted by Crippen LogP contribution is 2.33. The first-order valence-corrected chi connectivity index (χ1v) is 8.86. The molecule has 0 amide bonds. The summed E-state index contributed by atoms with van der Waals surface area (Å²) in [7, 11) is 1.87. The van der Waals surface area contributed by atoms with Crippen LogP contribution in [-0.2, 0) is 11.2 Å². The number of aliphatic carboxylic acids is 1. The summed E-state index contributed by atoms with van der Waals surface area (Å²) in [6.45, 7) is 0. The minimum Gasteiger partial charge on any atom is -0.481 e. The van der Waals surface area contributed by atoms with E-state index in [-0.39, 0.29) is 6.42 Å². The van der Waals surface area contributed by atoms with Crippen LogP contribution < -0.4 is 5.32 Å². The summed E-state index contributed by atoms with van der Waals surface area (Å²) >= 11 is 7.09. The van der Waals surface area contributed by atoms with Gasteiger partial charge in [-0.3, -0.25) is 14.6 Å². The van der Waals surface area contributed by atoms with Crippen LogP contribution in [0.15, 0.2) is 54.9 Å². The van der Waals surface area contributed by atoms with Crippen LogP contribution >= 0.6 is 22.9 Å². The fraction of sp³-hybridized carbons (Fsp3) is 0.105. The lowest BCUT2D eigenvalue weighted by atomic mass is 10.1. The predicted octanol–water partition coefficient (Wildman–Crippen LogP) is 4.63. The smallest absolute Gasteiger partial charge is 0.307 e. The van der Waals surface area contributed by atoms with Crippen LogP contribution in [0.4, 0.5) is 5.69 Å². The highest BCUT2D eigenvalue weighted by molar-refractivity contribution is 7.17. The minimum absolute atomic E-state index is 0.0949. The van der Waals surface area contributed by atoms with Gasteiger partial charge in [-0.25, -0.2) is 0 Å². The molecule has 0 saturated heterocycles. The lowest BCUT2D eigenvalue weighted by molar-refractivity contribution is -0.136. The number of nitrogens with one attached hydrogen (secondary N) is 1. The molecule has 3 aromatic rings. The van der Waals surface area contributed by atoms with Gasteiger partial charge in [-0.15, -0.1) is 11.3 Å². The van der Waals surface area contributed by atoms with Crippen molar-refractivity contribution in [2.75, 3.05) is 12.4 Å². The molecule has 0 atom stereocenters. The molecule has 0 aliphatic carbocycles. The van der Waals surface area contributed by atoms with Gasteiger partial charge in [0, 0.05) is 29.3 Å². The van der Waals surface area contributed by atoms with Gasteiger partial charge in [-0.2, -0.15) is 0 Å². The number of carbonyl (C=O) groups excluding carboxylic acids is 1. The minimum atomic E-state index is -0.916. The molecule has 134 valence electrons. The third-order valence-electron chi connectivity index (χ3n) is 3.34. The Labute approximate surface area is 160 Å². The average molecular weight is 389 g/mol. The van der Waals surface area contributed by atoms with Crippen molar-refractivity contribution in [3.8, 4) is 10.4 Å². The maximum atomic E-state index is 10.8.